The van der Waals surface area contributed by atoms with Crippen LogP contribution in [-0.4, -0.2) is 37.6 Å². The second-order valence-corrected chi connectivity index (χ2v) is 10.2. The number of rotatable bonds is 22. The van der Waals surface area contributed by atoms with Gasteiger partial charge in [0.15, 0.2) is 0 Å². The fourth-order valence-electron chi connectivity index (χ4n) is 4.94. The topological polar surface area (TPSA) is 27.7 Å². The van der Waals surface area contributed by atoms with Crippen molar-refractivity contribution in [1.82, 2.24) is 0 Å². The van der Waals surface area contributed by atoms with Crippen LogP contribution in [0.5, 0.6) is 0 Å². The fraction of sp³-hybridized carbons (Fsp3) is 1.00. The monoisotopic (exact) mass is 438 g/mol. The van der Waals surface area contributed by atoms with E-state index in [2.05, 4.69) is 13.8 Å². The molecule has 0 N–H and O–H groups in total. The summed E-state index contributed by atoms with van der Waals surface area (Å²) in [7, 11) is 0. The summed E-state index contributed by atoms with van der Waals surface area (Å²) in [5.74, 6) is 0. The third kappa shape index (κ3) is 13.2. The van der Waals surface area contributed by atoms with Gasteiger partial charge in [-0.1, -0.05) is 90.9 Å². The van der Waals surface area contributed by atoms with Crippen molar-refractivity contribution in [2.75, 3.05) is 13.2 Å². The highest BCUT2D eigenvalue weighted by Gasteiger charge is 2.19. The molecule has 2 fully saturated rings. The van der Waals surface area contributed by atoms with Crippen LogP contribution in [0.4, 0.5) is 0 Å². The van der Waals surface area contributed by atoms with E-state index in [1.165, 1.54) is 128 Å². The lowest BCUT2D eigenvalue weighted by atomic mass is 9.99. The van der Waals surface area contributed by atoms with Gasteiger partial charge in [0.25, 0.3) is 0 Å². The summed E-state index contributed by atoms with van der Waals surface area (Å²) in [4.78, 5) is 0. The highest BCUT2D eigenvalue weighted by atomic mass is 16.5. The Morgan fingerprint density at radius 1 is 0.581 bits per heavy atom. The molecule has 31 heavy (non-hydrogen) atoms. The van der Waals surface area contributed by atoms with E-state index in [1.807, 2.05) is 0 Å². The van der Waals surface area contributed by atoms with Crippen molar-refractivity contribution < 1.29 is 14.2 Å². The van der Waals surface area contributed by atoms with E-state index < -0.39 is 0 Å². The zero-order chi connectivity index (χ0) is 22.0. The molecule has 0 aliphatic carbocycles. The number of ether oxygens (including phenoxy) is 3. The molecule has 3 nitrogen and oxygen atoms in total. The number of hydrogen-bond acceptors (Lipinski definition) is 3. The van der Waals surface area contributed by atoms with Crippen LogP contribution < -0.4 is 0 Å². The summed E-state index contributed by atoms with van der Waals surface area (Å²) in [6, 6.07) is 0. The average Bonchev–Trinajstić information content (AvgIpc) is 2.70. The van der Waals surface area contributed by atoms with E-state index in [0.717, 1.165) is 13.2 Å². The maximum absolute atomic E-state index is 6.81. The van der Waals surface area contributed by atoms with Crippen LogP contribution in [-0.2, 0) is 14.2 Å². The summed E-state index contributed by atoms with van der Waals surface area (Å²) in [6.45, 7) is 6.60. The summed E-state index contributed by atoms with van der Waals surface area (Å²) in [5, 5.41) is 0. The summed E-state index contributed by atoms with van der Waals surface area (Å²) in [6.07, 6.45) is 28.3. The molecule has 0 saturated carbocycles. The molecule has 184 valence electrons. The lowest BCUT2D eigenvalue weighted by Gasteiger charge is -2.27. The Bertz CT molecular complexity index is 356. The minimum absolute atomic E-state index is 0.488. The molecule has 2 heterocycles. The number of unbranched alkanes of at least 4 members (excludes halogenated alkanes) is 8. The van der Waals surface area contributed by atoms with E-state index in [1.54, 1.807) is 0 Å². The van der Waals surface area contributed by atoms with E-state index in [4.69, 9.17) is 14.2 Å². The van der Waals surface area contributed by atoms with Gasteiger partial charge in [-0.15, -0.1) is 0 Å². The van der Waals surface area contributed by atoms with Crippen molar-refractivity contribution in [1.29, 1.82) is 0 Å². The lowest BCUT2D eigenvalue weighted by molar-refractivity contribution is -0.0563. The van der Waals surface area contributed by atoms with Gasteiger partial charge >= 0.3 is 0 Å². The molecule has 0 spiro atoms. The normalized spacial score (nSPS) is 22.6. The van der Waals surface area contributed by atoms with Crippen LogP contribution >= 0.6 is 0 Å². The van der Waals surface area contributed by atoms with Gasteiger partial charge in [-0.05, 0) is 51.4 Å². The van der Waals surface area contributed by atoms with E-state index in [9.17, 15) is 0 Å². The van der Waals surface area contributed by atoms with Crippen LogP contribution in [0.3, 0.4) is 0 Å². The quantitative estimate of drug-likeness (QED) is 0.159. The molecule has 2 saturated heterocycles. The smallest absolute Gasteiger partial charge is 0.0597 e. The molecule has 4 unspecified atom stereocenters. The second kappa shape index (κ2) is 18.3. The molecule has 3 heteroatoms. The van der Waals surface area contributed by atoms with Crippen molar-refractivity contribution in [3.8, 4) is 0 Å². The molecule has 0 amide bonds. The summed E-state index contributed by atoms with van der Waals surface area (Å²) < 4.78 is 18.0. The summed E-state index contributed by atoms with van der Waals surface area (Å²) in [5.41, 5.74) is 0. The van der Waals surface area contributed by atoms with Crippen LogP contribution in [0, 0.1) is 0 Å². The largest absolute Gasteiger partial charge is 0.378 e. The zero-order valence-corrected chi connectivity index (χ0v) is 21.1. The third-order valence-electron chi connectivity index (χ3n) is 7.34. The molecule has 0 aromatic heterocycles. The Hall–Kier alpha value is -0.120. The first kappa shape index (κ1) is 27.1. The fourth-order valence-corrected chi connectivity index (χ4v) is 4.94. The molecule has 2 aliphatic heterocycles. The SMILES string of the molecule is CCCCCC(CCCCCC1CCO1)OC(CCCCC)CCCCCC1CCO1. The zero-order valence-electron chi connectivity index (χ0n) is 21.1. The van der Waals surface area contributed by atoms with Crippen LogP contribution in [0.15, 0.2) is 0 Å². The van der Waals surface area contributed by atoms with E-state index in [0.29, 0.717) is 24.4 Å². The Balaban J connectivity index is 1.66. The highest BCUT2D eigenvalue weighted by molar-refractivity contribution is 4.70. The van der Waals surface area contributed by atoms with Crippen molar-refractivity contribution in [2.24, 2.45) is 0 Å². The maximum atomic E-state index is 6.81. The Morgan fingerprint density at radius 3 is 1.29 bits per heavy atom. The average molecular weight is 439 g/mol. The van der Waals surface area contributed by atoms with Crippen molar-refractivity contribution in [3.63, 3.8) is 0 Å². The maximum Gasteiger partial charge on any atom is 0.0597 e. The molecule has 0 aromatic carbocycles. The van der Waals surface area contributed by atoms with Crippen LogP contribution in [0.2, 0.25) is 0 Å². The lowest BCUT2D eigenvalue weighted by Crippen LogP contribution is -2.26. The Labute approximate surface area is 194 Å². The predicted octanol–water partition coefficient (Wildman–Crippen LogP) is 8.38. The first-order valence-electron chi connectivity index (χ1n) is 14.2. The third-order valence-corrected chi connectivity index (χ3v) is 7.34. The Morgan fingerprint density at radius 2 is 0.968 bits per heavy atom. The van der Waals surface area contributed by atoms with Crippen molar-refractivity contribution in [2.45, 2.75) is 167 Å². The molecule has 4 atom stereocenters. The molecule has 0 bridgehead atoms. The minimum Gasteiger partial charge on any atom is -0.378 e. The van der Waals surface area contributed by atoms with Crippen molar-refractivity contribution >= 4 is 0 Å². The van der Waals surface area contributed by atoms with Gasteiger partial charge in [-0.25, -0.2) is 0 Å². The van der Waals surface area contributed by atoms with Gasteiger partial charge < -0.3 is 14.2 Å². The molecule has 2 aliphatic rings. The molecule has 0 aromatic rings. The van der Waals surface area contributed by atoms with Gasteiger partial charge in [-0.3, -0.25) is 0 Å². The first-order valence-corrected chi connectivity index (χ1v) is 14.2. The Kier molecular flexibility index (Phi) is 16.0. The summed E-state index contributed by atoms with van der Waals surface area (Å²) >= 11 is 0. The molecular formula is C28H54O3. The standard InChI is InChI=1S/C28H54O3/c1-3-5-9-17-27(19-13-7-11-15-25-21-23-29-25)31-28(18-10-6-4-2)20-14-8-12-16-26-22-24-30-26/h25-28H,3-24H2,1-2H3. The van der Waals surface area contributed by atoms with Crippen LogP contribution in [0.25, 0.3) is 0 Å². The molecule has 2 rings (SSSR count). The molecular weight excluding hydrogens is 384 g/mol. The van der Waals surface area contributed by atoms with Crippen molar-refractivity contribution in [3.05, 3.63) is 0 Å². The second-order valence-electron chi connectivity index (χ2n) is 10.2. The van der Waals surface area contributed by atoms with Gasteiger partial charge in [0.1, 0.15) is 0 Å². The minimum atomic E-state index is 0.488. The van der Waals surface area contributed by atoms with E-state index in [-0.39, 0.29) is 0 Å². The highest BCUT2D eigenvalue weighted by Crippen LogP contribution is 2.24. The predicted molar refractivity (Wildman–Crippen MR) is 132 cm³/mol. The number of hydrogen-bond donors (Lipinski definition) is 0. The van der Waals surface area contributed by atoms with Gasteiger partial charge in [0.2, 0.25) is 0 Å². The van der Waals surface area contributed by atoms with Gasteiger partial charge in [0, 0.05) is 13.2 Å². The van der Waals surface area contributed by atoms with Gasteiger partial charge in [-0.2, -0.15) is 0 Å². The van der Waals surface area contributed by atoms with Crippen LogP contribution in [0.1, 0.15) is 142 Å². The molecule has 0 radical (unpaired) electrons. The first-order chi connectivity index (χ1) is 15.3. The van der Waals surface area contributed by atoms with Gasteiger partial charge in [0.05, 0.1) is 24.4 Å². The van der Waals surface area contributed by atoms with E-state index >= 15 is 0 Å².